The molecule has 0 radical (unpaired) electrons. The maximum Gasteiger partial charge on any atom is 0.0314 e. The van der Waals surface area contributed by atoms with Crippen LogP contribution in [0.25, 0.3) is 0 Å². The third kappa shape index (κ3) is 3.97. The van der Waals surface area contributed by atoms with Crippen LogP contribution < -0.4 is 5.73 Å². The fourth-order valence-corrected chi connectivity index (χ4v) is 3.14. The highest BCUT2D eigenvalue weighted by molar-refractivity contribution is 5.40. The Hall–Kier alpha value is -1.02. The van der Waals surface area contributed by atoms with Crippen molar-refractivity contribution in [2.24, 2.45) is 5.92 Å². The van der Waals surface area contributed by atoms with Gasteiger partial charge in [-0.05, 0) is 68.8 Å². The van der Waals surface area contributed by atoms with Crippen molar-refractivity contribution in [3.05, 3.63) is 29.8 Å². The summed E-state index contributed by atoms with van der Waals surface area (Å²) in [5.41, 5.74) is 8.01. The zero-order valence-electron chi connectivity index (χ0n) is 12.6. The maximum atomic E-state index is 5.74. The third-order valence-electron chi connectivity index (χ3n) is 4.63. The monoisotopic (exact) mass is 260 g/mol. The number of nitrogens with zero attached hydrogens (tertiary/aromatic N) is 1. The lowest BCUT2D eigenvalue weighted by Crippen LogP contribution is -2.40. The first-order valence-corrected chi connectivity index (χ1v) is 7.65. The van der Waals surface area contributed by atoms with Gasteiger partial charge >= 0.3 is 0 Å². The number of piperidine rings is 1. The minimum absolute atomic E-state index is 0.618. The molecule has 0 spiro atoms. The molecule has 0 bridgehead atoms. The van der Waals surface area contributed by atoms with Crippen LogP contribution in [0.1, 0.15) is 51.5 Å². The summed E-state index contributed by atoms with van der Waals surface area (Å²) in [7, 11) is 0. The number of hydrogen-bond donors (Lipinski definition) is 1. The predicted molar refractivity (Wildman–Crippen MR) is 83.3 cm³/mol. The van der Waals surface area contributed by atoms with E-state index in [-0.39, 0.29) is 0 Å². The Morgan fingerprint density at radius 2 is 1.95 bits per heavy atom. The summed E-state index contributed by atoms with van der Waals surface area (Å²) >= 11 is 0. The number of benzene rings is 1. The van der Waals surface area contributed by atoms with Crippen LogP contribution in [-0.4, -0.2) is 24.0 Å². The van der Waals surface area contributed by atoms with Gasteiger partial charge in [0.2, 0.25) is 0 Å². The van der Waals surface area contributed by atoms with E-state index in [9.17, 15) is 0 Å². The van der Waals surface area contributed by atoms with Gasteiger partial charge in [0.1, 0.15) is 0 Å². The Morgan fingerprint density at radius 3 is 2.58 bits per heavy atom. The first-order chi connectivity index (χ1) is 9.06. The van der Waals surface area contributed by atoms with E-state index in [1.54, 1.807) is 0 Å². The minimum atomic E-state index is 0.618. The summed E-state index contributed by atoms with van der Waals surface area (Å²) < 4.78 is 0. The molecule has 0 saturated carbocycles. The molecule has 3 atom stereocenters. The van der Waals surface area contributed by atoms with Crippen LogP contribution in [0.2, 0.25) is 0 Å². The molecule has 2 heteroatoms. The second kappa shape index (κ2) is 6.42. The smallest absolute Gasteiger partial charge is 0.0314 e. The van der Waals surface area contributed by atoms with Gasteiger partial charge in [0.15, 0.2) is 0 Å². The minimum Gasteiger partial charge on any atom is -0.399 e. The molecule has 1 fully saturated rings. The maximum absolute atomic E-state index is 5.74. The normalized spacial score (nSPS) is 26.3. The van der Waals surface area contributed by atoms with Gasteiger partial charge in [0, 0.05) is 11.7 Å². The molecule has 106 valence electrons. The molecule has 1 aliphatic heterocycles. The van der Waals surface area contributed by atoms with Gasteiger partial charge < -0.3 is 10.6 Å². The average Bonchev–Trinajstić information content (AvgIpc) is 2.38. The topological polar surface area (TPSA) is 29.3 Å². The highest BCUT2D eigenvalue weighted by atomic mass is 15.2. The zero-order valence-corrected chi connectivity index (χ0v) is 12.6. The van der Waals surface area contributed by atoms with Crippen LogP contribution in [0.15, 0.2) is 24.3 Å². The highest BCUT2D eigenvalue weighted by Crippen LogP contribution is 2.25. The quantitative estimate of drug-likeness (QED) is 0.832. The van der Waals surface area contributed by atoms with E-state index in [2.05, 4.69) is 37.8 Å². The summed E-state index contributed by atoms with van der Waals surface area (Å²) in [5.74, 6) is 1.52. The molecular weight excluding hydrogens is 232 g/mol. The van der Waals surface area contributed by atoms with Gasteiger partial charge in [0.25, 0.3) is 0 Å². The predicted octanol–water partition coefficient (Wildman–Crippen LogP) is 3.88. The average molecular weight is 260 g/mol. The van der Waals surface area contributed by atoms with Crippen LogP contribution in [-0.2, 0) is 0 Å². The van der Waals surface area contributed by atoms with E-state index in [0.717, 1.165) is 17.6 Å². The van der Waals surface area contributed by atoms with E-state index >= 15 is 0 Å². The number of anilines is 1. The van der Waals surface area contributed by atoms with Crippen LogP contribution in [0.4, 0.5) is 5.69 Å². The van der Waals surface area contributed by atoms with Crippen molar-refractivity contribution in [1.29, 1.82) is 0 Å². The SMILES string of the molecule is CC1CCN(CCC(C)c2ccc(N)cc2)C(C)C1. The van der Waals surface area contributed by atoms with E-state index in [0.29, 0.717) is 5.92 Å². The first-order valence-electron chi connectivity index (χ1n) is 7.65. The van der Waals surface area contributed by atoms with Crippen molar-refractivity contribution in [3.63, 3.8) is 0 Å². The van der Waals surface area contributed by atoms with Crippen LogP contribution in [0.3, 0.4) is 0 Å². The second-order valence-electron chi connectivity index (χ2n) is 6.37. The van der Waals surface area contributed by atoms with Gasteiger partial charge in [-0.2, -0.15) is 0 Å². The molecule has 2 nitrogen and oxygen atoms in total. The Balaban J connectivity index is 1.83. The Labute approximate surface area is 118 Å². The summed E-state index contributed by atoms with van der Waals surface area (Å²) in [6.45, 7) is 9.58. The van der Waals surface area contributed by atoms with Gasteiger partial charge in [-0.1, -0.05) is 26.0 Å². The Kier molecular flexibility index (Phi) is 4.87. The summed E-state index contributed by atoms with van der Waals surface area (Å²) in [5, 5.41) is 0. The standard InChI is InChI=1S/C17H28N2/c1-13-8-10-19(15(3)12-13)11-9-14(2)16-4-6-17(18)7-5-16/h4-7,13-15H,8-12,18H2,1-3H3. The van der Waals surface area contributed by atoms with Gasteiger partial charge in [-0.25, -0.2) is 0 Å². The molecule has 0 amide bonds. The van der Waals surface area contributed by atoms with Crippen molar-refractivity contribution in [1.82, 2.24) is 4.90 Å². The third-order valence-corrected chi connectivity index (χ3v) is 4.63. The molecule has 1 aromatic rings. The lowest BCUT2D eigenvalue weighted by molar-refractivity contribution is 0.126. The number of likely N-dealkylation sites (tertiary alicyclic amines) is 1. The lowest BCUT2D eigenvalue weighted by Gasteiger charge is -2.37. The van der Waals surface area contributed by atoms with Crippen molar-refractivity contribution in [2.75, 3.05) is 18.8 Å². The number of nitrogens with two attached hydrogens (primary N) is 1. The largest absolute Gasteiger partial charge is 0.399 e. The molecule has 1 aromatic carbocycles. The van der Waals surface area contributed by atoms with E-state index < -0.39 is 0 Å². The highest BCUT2D eigenvalue weighted by Gasteiger charge is 2.22. The van der Waals surface area contributed by atoms with Crippen LogP contribution in [0.5, 0.6) is 0 Å². The molecule has 3 unspecified atom stereocenters. The molecule has 1 heterocycles. The van der Waals surface area contributed by atoms with E-state index in [1.165, 1.54) is 37.9 Å². The molecule has 19 heavy (non-hydrogen) atoms. The van der Waals surface area contributed by atoms with Crippen LogP contribution in [0, 0.1) is 5.92 Å². The second-order valence-corrected chi connectivity index (χ2v) is 6.37. The van der Waals surface area contributed by atoms with Gasteiger partial charge in [-0.3, -0.25) is 0 Å². The zero-order chi connectivity index (χ0) is 13.8. The number of rotatable bonds is 4. The number of nitrogen functional groups attached to an aromatic ring is 1. The van der Waals surface area contributed by atoms with Crippen molar-refractivity contribution < 1.29 is 0 Å². The summed E-state index contributed by atoms with van der Waals surface area (Å²) in [6.07, 6.45) is 3.96. The molecule has 0 aromatic heterocycles. The molecule has 2 rings (SSSR count). The van der Waals surface area contributed by atoms with E-state index in [4.69, 9.17) is 5.73 Å². The summed E-state index contributed by atoms with van der Waals surface area (Å²) in [4.78, 5) is 2.66. The van der Waals surface area contributed by atoms with Crippen molar-refractivity contribution in [2.45, 2.75) is 52.0 Å². The van der Waals surface area contributed by atoms with Gasteiger partial charge in [0.05, 0.1) is 0 Å². The first kappa shape index (κ1) is 14.4. The molecule has 2 N–H and O–H groups in total. The summed E-state index contributed by atoms with van der Waals surface area (Å²) in [6, 6.07) is 9.11. The lowest BCUT2D eigenvalue weighted by atomic mass is 9.92. The molecule has 1 aliphatic rings. The Morgan fingerprint density at radius 1 is 1.26 bits per heavy atom. The fourth-order valence-electron chi connectivity index (χ4n) is 3.14. The van der Waals surface area contributed by atoms with Gasteiger partial charge in [-0.15, -0.1) is 0 Å². The van der Waals surface area contributed by atoms with E-state index in [1.807, 2.05) is 12.1 Å². The molecular formula is C17H28N2. The van der Waals surface area contributed by atoms with Crippen molar-refractivity contribution >= 4 is 5.69 Å². The fraction of sp³-hybridized carbons (Fsp3) is 0.647. The van der Waals surface area contributed by atoms with Crippen molar-refractivity contribution in [3.8, 4) is 0 Å². The number of hydrogen-bond acceptors (Lipinski definition) is 2. The molecule has 1 saturated heterocycles. The molecule has 0 aliphatic carbocycles. The Bertz CT molecular complexity index is 385. The van der Waals surface area contributed by atoms with Crippen LogP contribution >= 0.6 is 0 Å².